The fraction of sp³-hybridized carbons (Fsp3) is 0.125. The Labute approximate surface area is 150 Å². The molecule has 0 fully saturated rings. The molecule has 0 saturated heterocycles. The Balaban J connectivity index is 2.04. The first-order valence-corrected chi connectivity index (χ1v) is 7.63. The third-order valence-electron chi connectivity index (χ3n) is 3.09. The maximum atomic E-state index is 13.0. The van der Waals surface area contributed by atoms with Crippen LogP contribution in [0.15, 0.2) is 42.5 Å². The van der Waals surface area contributed by atoms with Gasteiger partial charge in [-0.1, -0.05) is 35.3 Å². The van der Waals surface area contributed by atoms with Crippen LogP contribution in [-0.4, -0.2) is 18.4 Å². The van der Waals surface area contributed by atoms with Crippen LogP contribution in [-0.2, 0) is 11.0 Å². The van der Waals surface area contributed by atoms with Gasteiger partial charge in [-0.05, 0) is 30.3 Å². The molecule has 4 nitrogen and oxygen atoms in total. The summed E-state index contributed by atoms with van der Waals surface area (Å²) in [7, 11) is 0. The number of benzene rings is 2. The summed E-state index contributed by atoms with van der Waals surface area (Å²) in [6.07, 6.45) is -4.69. The van der Waals surface area contributed by atoms with Crippen molar-refractivity contribution in [3.63, 3.8) is 0 Å². The second-order valence-electron chi connectivity index (χ2n) is 4.90. The van der Waals surface area contributed by atoms with Gasteiger partial charge in [0.15, 0.2) is 0 Å². The number of amides is 2. The monoisotopic (exact) mass is 390 g/mol. The minimum atomic E-state index is -4.69. The average molecular weight is 391 g/mol. The summed E-state index contributed by atoms with van der Waals surface area (Å²) < 4.78 is 38.9. The second kappa shape index (κ2) is 7.76. The van der Waals surface area contributed by atoms with Crippen LogP contribution in [0, 0.1) is 0 Å². The van der Waals surface area contributed by atoms with Crippen LogP contribution in [0.3, 0.4) is 0 Å². The van der Waals surface area contributed by atoms with Gasteiger partial charge in [0.2, 0.25) is 5.91 Å². The number of carbonyl (C=O) groups excluding carboxylic acids is 2. The molecule has 25 heavy (non-hydrogen) atoms. The summed E-state index contributed by atoms with van der Waals surface area (Å²) in [6.45, 7) is -0.524. The molecule has 0 spiro atoms. The molecule has 2 N–H and O–H groups in total. The minimum Gasteiger partial charge on any atom is -0.343 e. The zero-order valence-electron chi connectivity index (χ0n) is 12.5. The van der Waals surface area contributed by atoms with Crippen LogP contribution in [0.5, 0.6) is 0 Å². The molecule has 0 saturated carbocycles. The second-order valence-corrected chi connectivity index (χ2v) is 5.74. The van der Waals surface area contributed by atoms with E-state index >= 15 is 0 Å². The Bertz CT molecular complexity index is 810. The first kappa shape index (κ1) is 19.1. The molecule has 2 rings (SSSR count). The van der Waals surface area contributed by atoms with E-state index in [1.54, 1.807) is 12.1 Å². The fourth-order valence-corrected chi connectivity index (χ4v) is 2.35. The molecule has 0 aromatic heterocycles. The molecule has 2 amide bonds. The summed E-state index contributed by atoms with van der Waals surface area (Å²) in [6, 6.07) is 9.14. The highest BCUT2D eigenvalue weighted by Crippen LogP contribution is 2.36. The highest BCUT2D eigenvalue weighted by Gasteiger charge is 2.34. The number of halogens is 5. The lowest BCUT2D eigenvalue weighted by molar-refractivity contribution is -0.137. The smallest absolute Gasteiger partial charge is 0.343 e. The lowest BCUT2D eigenvalue weighted by Crippen LogP contribution is -2.33. The molecule has 0 aliphatic rings. The van der Waals surface area contributed by atoms with E-state index in [1.807, 2.05) is 0 Å². The van der Waals surface area contributed by atoms with Gasteiger partial charge in [0.1, 0.15) is 0 Å². The lowest BCUT2D eigenvalue weighted by Gasteiger charge is -2.14. The maximum absolute atomic E-state index is 13.0. The summed E-state index contributed by atoms with van der Waals surface area (Å²) in [5.74, 6) is -1.44. The Morgan fingerprint density at radius 3 is 2.36 bits per heavy atom. The Morgan fingerprint density at radius 2 is 1.72 bits per heavy atom. The normalized spacial score (nSPS) is 11.1. The number of nitrogens with one attached hydrogen (secondary N) is 2. The highest BCUT2D eigenvalue weighted by molar-refractivity contribution is 6.33. The molecule has 0 unspecified atom stereocenters. The van der Waals surface area contributed by atoms with Gasteiger partial charge >= 0.3 is 6.18 Å². The molecule has 0 aliphatic heterocycles. The number of alkyl halides is 3. The predicted octanol–water partition coefficient (Wildman–Crippen LogP) is 4.38. The molecule has 0 radical (unpaired) electrons. The van der Waals surface area contributed by atoms with Crippen molar-refractivity contribution in [1.82, 2.24) is 5.32 Å². The van der Waals surface area contributed by atoms with Gasteiger partial charge in [0, 0.05) is 5.02 Å². The summed E-state index contributed by atoms with van der Waals surface area (Å²) >= 11 is 11.4. The quantitative estimate of drug-likeness (QED) is 0.813. The van der Waals surface area contributed by atoms with E-state index in [-0.39, 0.29) is 15.6 Å². The van der Waals surface area contributed by atoms with E-state index in [0.29, 0.717) is 6.07 Å². The van der Waals surface area contributed by atoms with Crippen molar-refractivity contribution in [2.24, 2.45) is 0 Å². The van der Waals surface area contributed by atoms with Crippen molar-refractivity contribution in [3.05, 3.63) is 63.6 Å². The van der Waals surface area contributed by atoms with Gasteiger partial charge in [-0.25, -0.2) is 0 Å². The topological polar surface area (TPSA) is 58.2 Å². The Kier molecular flexibility index (Phi) is 5.92. The zero-order valence-corrected chi connectivity index (χ0v) is 14.0. The predicted molar refractivity (Wildman–Crippen MR) is 88.9 cm³/mol. The molecular weight excluding hydrogens is 380 g/mol. The van der Waals surface area contributed by atoms with Crippen molar-refractivity contribution in [2.75, 3.05) is 11.9 Å². The SMILES string of the molecule is O=C(CNC(=O)c1ccccc1Cl)Nc1ccc(Cl)cc1C(F)(F)F. The lowest BCUT2D eigenvalue weighted by atomic mass is 10.1. The van der Waals surface area contributed by atoms with Crippen LogP contribution in [0.4, 0.5) is 18.9 Å². The molecule has 2 aromatic carbocycles. The Morgan fingerprint density at radius 1 is 1.04 bits per heavy atom. The van der Waals surface area contributed by atoms with Crippen molar-refractivity contribution < 1.29 is 22.8 Å². The molecule has 2 aromatic rings. The van der Waals surface area contributed by atoms with E-state index in [4.69, 9.17) is 23.2 Å². The van der Waals surface area contributed by atoms with E-state index in [2.05, 4.69) is 10.6 Å². The van der Waals surface area contributed by atoms with E-state index in [1.165, 1.54) is 18.2 Å². The van der Waals surface area contributed by atoms with E-state index in [0.717, 1.165) is 6.07 Å². The van der Waals surface area contributed by atoms with Crippen molar-refractivity contribution in [2.45, 2.75) is 6.18 Å². The van der Waals surface area contributed by atoms with Gasteiger partial charge < -0.3 is 10.6 Å². The molecule has 0 bridgehead atoms. The summed E-state index contributed by atoms with van der Waals surface area (Å²) in [5.41, 5.74) is -1.38. The number of hydrogen-bond acceptors (Lipinski definition) is 2. The van der Waals surface area contributed by atoms with E-state index < -0.39 is 35.8 Å². The van der Waals surface area contributed by atoms with Crippen molar-refractivity contribution in [1.29, 1.82) is 0 Å². The zero-order chi connectivity index (χ0) is 18.6. The maximum Gasteiger partial charge on any atom is 0.418 e. The van der Waals surface area contributed by atoms with Crippen molar-refractivity contribution in [3.8, 4) is 0 Å². The third kappa shape index (κ3) is 5.11. The average Bonchev–Trinajstić information content (AvgIpc) is 2.54. The van der Waals surface area contributed by atoms with Crippen LogP contribution in [0.1, 0.15) is 15.9 Å². The molecule has 9 heteroatoms. The standard InChI is InChI=1S/C16H11Cl2F3N2O2/c17-9-5-6-13(11(7-9)16(19,20)21)23-14(24)8-22-15(25)10-3-1-2-4-12(10)18/h1-7H,8H2,(H,22,25)(H,23,24). The third-order valence-corrected chi connectivity index (χ3v) is 3.65. The van der Waals surface area contributed by atoms with Crippen molar-refractivity contribution >= 4 is 40.7 Å². The first-order valence-electron chi connectivity index (χ1n) is 6.88. The fourth-order valence-electron chi connectivity index (χ4n) is 1.96. The van der Waals surface area contributed by atoms with Gasteiger partial charge in [0.05, 0.1) is 28.4 Å². The molecule has 0 heterocycles. The molecule has 132 valence electrons. The van der Waals surface area contributed by atoms with Crippen LogP contribution >= 0.6 is 23.2 Å². The van der Waals surface area contributed by atoms with Crippen LogP contribution < -0.4 is 10.6 Å². The van der Waals surface area contributed by atoms with Gasteiger partial charge in [-0.2, -0.15) is 13.2 Å². The summed E-state index contributed by atoms with van der Waals surface area (Å²) in [4.78, 5) is 23.8. The summed E-state index contributed by atoms with van der Waals surface area (Å²) in [5, 5.41) is 4.47. The van der Waals surface area contributed by atoms with Gasteiger partial charge in [-0.15, -0.1) is 0 Å². The van der Waals surface area contributed by atoms with Crippen LogP contribution in [0.2, 0.25) is 10.0 Å². The number of hydrogen-bond donors (Lipinski definition) is 2. The number of carbonyl (C=O) groups is 2. The van der Waals surface area contributed by atoms with Crippen LogP contribution in [0.25, 0.3) is 0 Å². The first-order chi connectivity index (χ1) is 11.7. The number of rotatable bonds is 4. The van der Waals surface area contributed by atoms with Gasteiger partial charge in [0.25, 0.3) is 5.91 Å². The van der Waals surface area contributed by atoms with E-state index in [9.17, 15) is 22.8 Å². The number of anilines is 1. The largest absolute Gasteiger partial charge is 0.418 e. The molecular formula is C16H11Cl2F3N2O2. The van der Waals surface area contributed by atoms with Gasteiger partial charge in [-0.3, -0.25) is 9.59 Å². The Hall–Kier alpha value is -2.25. The molecule has 0 atom stereocenters. The highest BCUT2D eigenvalue weighted by atomic mass is 35.5. The minimum absolute atomic E-state index is 0.114. The molecule has 0 aliphatic carbocycles.